The van der Waals surface area contributed by atoms with Crippen LogP contribution >= 0.6 is 0 Å². The summed E-state index contributed by atoms with van der Waals surface area (Å²) in [6.07, 6.45) is 0. The maximum atomic E-state index is 13.0. The number of carbonyl (C=O) groups excluding carboxylic acids is 1. The van der Waals surface area contributed by atoms with Crippen LogP contribution in [0.25, 0.3) is 0 Å². The average Bonchev–Trinajstić information content (AvgIpc) is 2.31. The second-order valence-electron chi connectivity index (χ2n) is 4.53. The van der Waals surface area contributed by atoms with Crippen LogP contribution in [0.1, 0.15) is 31.1 Å². The molecule has 0 fully saturated rings. The van der Waals surface area contributed by atoms with Crippen LogP contribution in [0.4, 0.5) is 8.78 Å². The van der Waals surface area contributed by atoms with Gasteiger partial charge in [0.2, 0.25) is 0 Å². The Bertz CT molecular complexity index is 472. The Morgan fingerprint density at radius 1 is 1.22 bits per heavy atom. The minimum Gasteiger partial charge on any atom is -0.293 e. The van der Waals surface area contributed by atoms with Gasteiger partial charge in [0, 0.05) is 21.6 Å². The fraction of sp³-hybridized carbons (Fsp3) is 0.462. The van der Waals surface area contributed by atoms with E-state index in [0.717, 1.165) is 12.1 Å². The number of hydrogen-bond acceptors (Lipinski definition) is 2. The maximum Gasteiger partial charge on any atom is 0.175 e. The van der Waals surface area contributed by atoms with Crippen LogP contribution in [0.3, 0.4) is 0 Å². The van der Waals surface area contributed by atoms with Crippen LogP contribution in [0, 0.1) is 17.6 Å². The molecule has 2 nitrogen and oxygen atoms in total. The minimum absolute atomic E-state index is 0.0539. The molecule has 0 aliphatic heterocycles. The number of hydrogen-bond donors (Lipinski definition) is 0. The summed E-state index contributed by atoms with van der Waals surface area (Å²) in [5.74, 6) is -2.46. The van der Waals surface area contributed by atoms with Crippen LogP contribution in [0.5, 0.6) is 0 Å². The van der Waals surface area contributed by atoms with Crippen LogP contribution < -0.4 is 0 Å². The van der Waals surface area contributed by atoms with E-state index in [-0.39, 0.29) is 22.5 Å². The number of benzene rings is 1. The predicted octanol–water partition coefficient (Wildman–Crippen LogP) is 2.94. The molecule has 0 N–H and O–H groups in total. The molecule has 0 aliphatic carbocycles. The third kappa shape index (κ3) is 3.70. The molecule has 0 bridgehead atoms. The zero-order valence-electron chi connectivity index (χ0n) is 10.6. The first-order chi connectivity index (χ1) is 8.32. The molecule has 5 heteroatoms. The summed E-state index contributed by atoms with van der Waals surface area (Å²) in [6.45, 7) is 5.65. The molecule has 1 aromatic rings. The van der Waals surface area contributed by atoms with E-state index in [1.807, 2.05) is 13.8 Å². The quantitative estimate of drug-likeness (QED) is 0.774. The van der Waals surface area contributed by atoms with Crippen LogP contribution in [0.2, 0.25) is 0 Å². The zero-order valence-corrected chi connectivity index (χ0v) is 11.4. The van der Waals surface area contributed by atoms with Crippen molar-refractivity contribution in [1.82, 2.24) is 0 Å². The second kappa shape index (κ2) is 6.18. The van der Waals surface area contributed by atoms with Gasteiger partial charge in [-0.3, -0.25) is 9.00 Å². The molecule has 0 radical (unpaired) electrons. The highest BCUT2D eigenvalue weighted by atomic mass is 32.2. The first kappa shape index (κ1) is 15.0. The Kier molecular flexibility index (Phi) is 5.14. The van der Waals surface area contributed by atoms with Crippen molar-refractivity contribution in [3.63, 3.8) is 0 Å². The average molecular weight is 274 g/mol. The van der Waals surface area contributed by atoms with E-state index in [1.165, 1.54) is 6.07 Å². The van der Waals surface area contributed by atoms with Crippen molar-refractivity contribution in [2.75, 3.05) is 5.75 Å². The Balaban J connectivity index is 2.77. The fourth-order valence-electron chi connectivity index (χ4n) is 1.32. The molecule has 1 rings (SSSR count). The molecular weight excluding hydrogens is 258 g/mol. The number of ketones is 1. The summed E-state index contributed by atoms with van der Waals surface area (Å²) in [5.41, 5.74) is 0.0539. The summed E-state index contributed by atoms with van der Waals surface area (Å²) in [6, 6.07) is 2.95. The van der Waals surface area contributed by atoms with Gasteiger partial charge in [0.25, 0.3) is 0 Å². The molecule has 0 saturated carbocycles. The summed E-state index contributed by atoms with van der Waals surface area (Å²) in [4.78, 5) is 11.8. The molecule has 100 valence electrons. The highest BCUT2D eigenvalue weighted by Crippen LogP contribution is 2.13. The second-order valence-corrected chi connectivity index (χ2v) is 6.32. The number of Topliss-reactive ketones (excluding diaryl/α,β-unsaturated/α-hetero) is 1. The number of carbonyl (C=O) groups is 1. The SMILES string of the molecule is CC(C)C(C)S(=O)CC(=O)c1ccc(F)c(F)c1. The third-order valence-electron chi connectivity index (χ3n) is 2.87. The van der Waals surface area contributed by atoms with E-state index < -0.39 is 28.2 Å². The first-order valence-corrected chi connectivity index (χ1v) is 7.06. The van der Waals surface area contributed by atoms with Gasteiger partial charge in [-0.1, -0.05) is 20.8 Å². The van der Waals surface area contributed by atoms with Gasteiger partial charge in [0.1, 0.15) is 0 Å². The lowest BCUT2D eigenvalue weighted by atomic mass is 10.1. The van der Waals surface area contributed by atoms with Crippen molar-refractivity contribution in [1.29, 1.82) is 0 Å². The molecular formula is C13H16F2O2S. The molecule has 0 aromatic heterocycles. The van der Waals surface area contributed by atoms with Gasteiger partial charge in [-0.25, -0.2) is 8.78 Å². The van der Waals surface area contributed by atoms with Crippen LogP contribution in [-0.2, 0) is 10.8 Å². The molecule has 2 unspecified atom stereocenters. The van der Waals surface area contributed by atoms with E-state index in [1.54, 1.807) is 6.92 Å². The zero-order chi connectivity index (χ0) is 13.9. The highest BCUT2D eigenvalue weighted by molar-refractivity contribution is 7.86. The summed E-state index contributed by atoms with van der Waals surface area (Å²) < 4.78 is 37.5. The van der Waals surface area contributed by atoms with E-state index in [2.05, 4.69) is 0 Å². The van der Waals surface area contributed by atoms with Crippen molar-refractivity contribution >= 4 is 16.6 Å². The van der Waals surface area contributed by atoms with Gasteiger partial charge in [-0.2, -0.15) is 0 Å². The van der Waals surface area contributed by atoms with Crippen LogP contribution in [0.15, 0.2) is 18.2 Å². The van der Waals surface area contributed by atoms with Crippen molar-refractivity contribution < 1.29 is 17.8 Å². The number of halogens is 2. The Morgan fingerprint density at radius 2 is 1.83 bits per heavy atom. The molecule has 0 amide bonds. The van der Waals surface area contributed by atoms with Gasteiger partial charge in [0.15, 0.2) is 17.4 Å². The Hall–Kier alpha value is -1.10. The maximum absolute atomic E-state index is 13.0. The Morgan fingerprint density at radius 3 is 2.33 bits per heavy atom. The number of rotatable bonds is 5. The van der Waals surface area contributed by atoms with Gasteiger partial charge in [0.05, 0.1) is 5.75 Å². The molecule has 0 spiro atoms. The molecule has 1 aromatic carbocycles. The van der Waals surface area contributed by atoms with E-state index in [0.29, 0.717) is 0 Å². The van der Waals surface area contributed by atoms with Gasteiger partial charge < -0.3 is 0 Å². The van der Waals surface area contributed by atoms with Crippen LogP contribution in [-0.4, -0.2) is 21.0 Å². The van der Waals surface area contributed by atoms with Gasteiger partial charge >= 0.3 is 0 Å². The molecule has 0 heterocycles. The highest BCUT2D eigenvalue weighted by Gasteiger charge is 2.19. The lowest BCUT2D eigenvalue weighted by molar-refractivity contribution is 0.102. The smallest absolute Gasteiger partial charge is 0.175 e. The van der Waals surface area contributed by atoms with Gasteiger partial charge in [-0.15, -0.1) is 0 Å². The Labute approximate surface area is 108 Å². The molecule has 0 saturated heterocycles. The van der Waals surface area contributed by atoms with Crippen molar-refractivity contribution in [2.45, 2.75) is 26.0 Å². The van der Waals surface area contributed by atoms with E-state index in [9.17, 15) is 17.8 Å². The largest absolute Gasteiger partial charge is 0.293 e. The summed E-state index contributed by atoms with van der Waals surface area (Å²) >= 11 is 0. The van der Waals surface area contributed by atoms with E-state index in [4.69, 9.17) is 0 Å². The van der Waals surface area contributed by atoms with Gasteiger partial charge in [-0.05, 0) is 24.1 Å². The summed E-state index contributed by atoms with van der Waals surface area (Å²) in [7, 11) is -1.30. The monoisotopic (exact) mass is 274 g/mol. The fourth-order valence-corrected chi connectivity index (χ4v) is 2.61. The molecule has 2 atom stereocenters. The summed E-state index contributed by atoms with van der Waals surface area (Å²) in [5, 5.41) is -0.112. The van der Waals surface area contributed by atoms with Crippen molar-refractivity contribution in [3.05, 3.63) is 35.4 Å². The minimum atomic E-state index is -1.30. The standard InChI is InChI=1S/C13H16F2O2S/c1-8(2)9(3)18(17)7-13(16)10-4-5-11(14)12(15)6-10/h4-6,8-9H,7H2,1-3H3. The topological polar surface area (TPSA) is 34.1 Å². The van der Waals surface area contributed by atoms with Crippen molar-refractivity contribution in [3.8, 4) is 0 Å². The van der Waals surface area contributed by atoms with Crippen molar-refractivity contribution in [2.24, 2.45) is 5.92 Å². The third-order valence-corrected chi connectivity index (χ3v) is 4.79. The molecule has 0 aliphatic rings. The predicted molar refractivity (Wildman–Crippen MR) is 68.0 cm³/mol. The lowest BCUT2D eigenvalue weighted by Crippen LogP contribution is -2.24. The van der Waals surface area contributed by atoms with E-state index >= 15 is 0 Å². The first-order valence-electron chi connectivity index (χ1n) is 5.68. The molecule has 18 heavy (non-hydrogen) atoms. The normalized spacial score (nSPS) is 14.6. The lowest BCUT2D eigenvalue weighted by Gasteiger charge is -2.14.